The van der Waals surface area contributed by atoms with Gasteiger partial charge in [0.2, 0.25) is 10.0 Å². The second-order valence-electron chi connectivity index (χ2n) is 6.31. The number of aliphatic hydroxyl groups is 1. The van der Waals surface area contributed by atoms with Crippen LogP contribution in [0.1, 0.15) is 16.1 Å². The van der Waals surface area contributed by atoms with Gasteiger partial charge in [-0.25, -0.2) is 17.5 Å². The van der Waals surface area contributed by atoms with Crippen molar-refractivity contribution in [1.82, 2.24) is 9.29 Å². The molecule has 29 heavy (non-hydrogen) atoms. The number of ether oxygens (including phenoxy) is 1. The van der Waals surface area contributed by atoms with Crippen molar-refractivity contribution in [3.05, 3.63) is 54.1 Å². The average molecular weight is 420 g/mol. The summed E-state index contributed by atoms with van der Waals surface area (Å²) in [6, 6.07) is 4.14. The summed E-state index contributed by atoms with van der Waals surface area (Å²) in [5.41, 5.74) is -0.197. The Kier molecular flexibility index (Phi) is 5.43. The number of nitriles is 1. The molecule has 152 valence electrons. The lowest BCUT2D eigenvalue weighted by atomic mass is 10.2. The molecule has 1 aliphatic rings. The number of aliphatic hydroxyl groups excluding tert-OH is 1. The molecule has 2 atom stereocenters. The molecule has 1 aliphatic heterocycles. The van der Waals surface area contributed by atoms with E-state index in [1.165, 1.54) is 30.0 Å². The van der Waals surface area contributed by atoms with Crippen molar-refractivity contribution in [2.45, 2.75) is 17.0 Å². The van der Waals surface area contributed by atoms with Crippen molar-refractivity contribution < 1.29 is 27.4 Å². The van der Waals surface area contributed by atoms with E-state index in [0.717, 1.165) is 12.1 Å². The zero-order valence-corrected chi connectivity index (χ0v) is 16.0. The Bertz CT molecular complexity index is 1140. The van der Waals surface area contributed by atoms with Crippen LogP contribution in [-0.2, 0) is 17.1 Å². The molecule has 0 unspecified atom stereocenters. The molecule has 0 aliphatic carbocycles. The molecule has 1 aromatic carbocycles. The maximum absolute atomic E-state index is 13.5. The van der Waals surface area contributed by atoms with E-state index in [1.54, 1.807) is 6.07 Å². The van der Waals surface area contributed by atoms with Crippen LogP contribution >= 0.6 is 0 Å². The first-order valence-electron chi connectivity index (χ1n) is 8.34. The van der Waals surface area contributed by atoms with E-state index in [9.17, 15) is 22.7 Å². The summed E-state index contributed by atoms with van der Waals surface area (Å²) in [5.74, 6) is -1.63. The maximum Gasteiger partial charge on any atom is 0.276 e. The first-order valence-corrected chi connectivity index (χ1v) is 9.82. The molecular weight excluding hydrogens is 403 g/mol. The van der Waals surface area contributed by atoms with Crippen LogP contribution in [0, 0.1) is 17.1 Å². The first kappa shape index (κ1) is 20.5. The zero-order valence-electron chi connectivity index (χ0n) is 15.2. The average Bonchev–Trinajstić information content (AvgIpc) is 2.96. The molecule has 11 heteroatoms. The van der Waals surface area contributed by atoms with Gasteiger partial charge in [0.1, 0.15) is 23.4 Å². The minimum atomic E-state index is -4.08. The molecule has 2 heterocycles. The minimum absolute atomic E-state index is 0.0954. The summed E-state index contributed by atoms with van der Waals surface area (Å²) in [5, 5.41) is 21.3. The van der Waals surface area contributed by atoms with E-state index in [1.807, 2.05) is 0 Å². The van der Waals surface area contributed by atoms with E-state index in [4.69, 9.17) is 10.00 Å². The number of amides is 1. The van der Waals surface area contributed by atoms with Gasteiger partial charge < -0.3 is 19.7 Å². The van der Waals surface area contributed by atoms with Crippen LogP contribution in [0.3, 0.4) is 0 Å². The number of benzene rings is 1. The van der Waals surface area contributed by atoms with Crippen LogP contribution in [0.15, 0.2) is 41.9 Å². The number of carbonyl (C=O) groups is 1. The number of fused-ring (bicyclic) bond motifs is 1. The van der Waals surface area contributed by atoms with Gasteiger partial charge in [0, 0.05) is 18.9 Å². The normalized spacial score (nSPS) is 18.5. The molecule has 1 aromatic heterocycles. The van der Waals surface area contributed by atoms with Crippen molar-refractivity contribution in [3.8, 4) is 11.8 Å². The predicted molar refractivity (Wildman–Crippen MR) is 100 cm³/mol. The zero-order chi connectivity index (χ0) is 21.3. The second-order valence-corrected chi connectivity index (χ2v) is 7.99. The van der Waals surface area contributed by atoms with E-state index in [0.29, 0.717) is 0 Å². The Labute approximate surface area is 166 Å². The minimum Gasteiger partial charge on any atom is -0.488 e. The van der Waals surface area contributed by atoms with E-state index < -0.39 is 33.9 Å². The Balaban J connectivity index is 1.97. The van der Waals surface area contributed by atoms with Crippen LogP contribution in [0.25, 0.3) is 0 Å². The van der Waals surface area contributed by atoms with Crippen LogP contribution < -0.4 is 14.8 Å². The molecule has 3 N–H and O–H groups in total. The van der Waals surface area contributed by atoms with Gasteiger partial charge in [0.05, 0.1) is 17.7 Å². The smallest absolute Gasteiger partial charge is 0.276 e. The molecule has 0 saturated heterocycles. The summed E-state index contributed by atoms with van der Waals surface area (Å²) in [6.45, 7) is 3.18. The highest BCUT2D eigenvalue weighted by Gasteiger charge is 2.36. The summed E-state index contributed by atoms with van der Waals surface area (Å²) in [4.78, 5) is 12.5. The predicted octanol–water partition coefficient (Wildman–Crippen LogP) is 0.874. The third kappa shape index (κ3) is 3.86. The highest BCUT2D eigenvalue weighted by atomic mass is 32.2. The molecular formula is C18H17FN4O5S. The number of nitrogens with zero attached hydrogens (tertiary/aromatic N) is 2. The van der Waals surface area contributed by atoms with Crippen molar-refractivity contribution in [2.75, 3.05) is 11.9 Å². The number of sulfonamides is 1. The number of anilines is 1. The monoisotopic (exact) mass is 420 g/mol. The van der Waals surface area contributed by atoms with Crippen molar-refractivity contribution in [2.24, 2.45) is 7.05 Å². The molecule has 1 amide bonds. The number of carbonyl (C=O) groups excluding carboxylic acids is 1. The van der Waals surface area contributed by atoms with Gasteiger partial charge >= 0.3 is 0 Å². The first-order chi connectivity index (χ1) is 13.7. The van der Waals surface area contributed by atoms with Gasteiger partial charge in [-0.1, -0.05) is 6.08 Å². The van der Waals surface area contributed by atoms with Gasteiger partial charge in [0.15, 0.2) is 11.4 Å². The fraction of sp³-hybridized carbons (Fsp3) is 0.222. The van der Waals surface area contributed by atoms with E-state index in [2.05, 4.69) is 16.6 Å². The SMILES string of the molecule is C=C[C@H](O)[C@H]1COc2c(cn(C)c2C(=O)Nc2ccc(F)c(C#N)c2)S(=O)(=O)N1. The van der Waals surface area contributed by atoms with Gasteiger partial charge in [-0.15, -0.1) is 6.58 Å². The van der Waals surface area contributed by atoms with Crippen LogP contribution in [0.2, 0.25) is 0 Å². The number of halogens is 1. The number of hydrogen-bond donors (Lipinski definition) is 3. The molecule has 9 nitrogen and oxygen atoms in total. The largest absolute Gasteiger partial charge is 0.488 e. The molecule has 0 fully saturated rings. The third-order valence-corrected chi connectivity index (χ3v) is 5.80. The van der Waals surface area contributed by atoms with Crippen molar-refractivity contribution in [3.63, 3.8) is 0 Å². The van der Waals surface area contributed by atoms with Crippen LogP contribution in [0.4, 0.5) is 10.1 Å². The number of nitrogens with one attached hydrogen (secondary N) is 2. The standard InChI is InChI=1S/C18H17FN4O5S/c1-3-14(24)13-9-28-17-15(29(26,27)22-13)8-23(2)16(17)18(25)21-11-4-5-12(19)10(6-11)7-20/h3-6,8,13-14,22,24H,1,9H2,2H3,(H,21,25)/t13-,14+/m1/s1. The highest BCUT2D eigenvalue weighted by molar-refractivity contribution is 7.89. The van der Waals surface area contributed by atoms with Gasteiger partial charge in [0.25, 0.3) is 5.91 Å². The molecule has 0 saturated carbocycles. The number of rotatable bonds is 4. The number of aryl methyl sites for hydroxylation is 1. The maximum atomic E-state index is 13.5. The van der Waals surface area contributed by atoms with Gasteiger partial charge in [-0.2, -0.15) is 5.26 Å². The lowest BCUT2D eigenvalue weighted by Crippen LogP contribution is -2.44. The second kappa shape index (κ2) is 7.67. The molecule has 0 bridgehead atoms. The number of aromatic nitrogens is 1. The fourth-order valence-electron chi connectivity index (χ4n) is 2.85. The van der Waals surface area contributed by atoms with Crippen LogP contribution in [0.5, 0.6) is 5.75 Å². The molecule has 0 spiro atoms. The van der Waals surface area contributed by atoms with Crippen LogP contribution in [-0.4, -0.2) is 42.8 Å². The van der Waals surface area contributed by atoms with Gasteiger partial charge in [-0.05, 0) is 18.2 Å². The summed E-state index contributed by atoms with van der Waals surface area (Å²) >= 11 is 0. The Morgan fingerprint density at radius 3 is 2.97 bits per heavy atom. The Morgan fingerprint density at radius 2 is 2.31 bits per heavy atom. The topological polar surface area (TPSA) is 133 Å². The lowest BCUT2D eigenvalue weighted by Gasteiger charge is -2.18. The van der Waals surface area contributed by atoms with Gasteiger partial charge in [-0.3, -0.25) is 4.79 Å². The quantitative estimate of drug-likeness (QED) is 0.629. The Hall–Kier alpha value is -3.20. The van der Waals surface area contributed by atoms with E-state index >= 15 is 0 Å². The van der Waals surface area contributed by atoms with E-state index in [-0.39, 0.29) is 34.2 Å². The highest BCUT2D eigenvalue weighted by Crippen LogP contribution is 2.33. The lowest BCUT2D eigenvalue weighted by molar-refractivity contribution is 0.101. The third-order valence-electron chi connectivity index (χ3n) is 4.32. The summed E-state index contributed by atoms with van der Waals surface area (Å²) < 4.78 is 47.9. The fourth-order valence-corrected chi connectivity index (χ4v) is 4.28. The molecule has 0 radical (unpaired) electrons. The summed E-state index contributed by atoms with van der Waals surface area (Å²) in [7, 11) is -2.62. The number of hydrogen-bond acceptors (Lipinski definition) is 6. The summed E-state index contributed by atoms with van der Waals surface area (Å²) in [6.07, 6.45) is 1.19. The van der Waals surface area contributed by atoms with Crippen molar-refractivity contribution >= 4 is 21.6 Å². The molecule has 3 rings (SSSR count). The Morgan fingerprint density at radius 1 is 1.59 bits per heavy atom. The van der Waals surface area contributed by atoms with Crippen molar-refractivity contribution in [1.29, 1.82) is 5.26 Å². The molecule has 2 aromatic rings.